The minimum Gasteiger partial charge on any atom is -0.223 e. The summed E-state index contributed by atoms with van der Waals surface area (Å²) in [6, 6.07) is 7.79. The van der Waals surface area contributed by atoms with Crippen LogP contribution in [0.25, 0.3) is 0 Å². The minimum atomic E-state index is -3.01. The van der Waals surface area contributed by atoms with Crippen molar-refractivity contribution in [3.05, 3.63) is 56.1 Å². The van der Waals surface area contributed by atoms with E-state index in [1.165, 1.54) is 17.3 Å². The maximum Gasteiger partial charge on any atom is 0.184 e. The fourth-order valence-electron chi connectivity index (χ4n) is 2.26. The van der Waals surface area contributed by atoms with E-state index in [2.05, 4.69) is 6.08 Å². The van der Waals surface area contributed by atoms with Crippen LogP contribution < -0.4 is 0 Å². The molecule has 6 heteroatoms. The smallest absolute Gasteiger partial charge is 0.184 e. The fraction of sp³-hybridized carbons (Fsp3) is 0.286. The lowest BCUT2D eigenvalue weighted by Gasteiger charge is -2.18. The third-order valence-corrected chi connectivity index (χ3v) is 8.24. The molecule has 0 saturated carbocycles. The lowest BCUT2D eigenvalue weighted by atomic mass is 10.1. The highest BCUT2D eigenvalue weighted by Gasteiger charge is 2.34. The topological polar surface area (TPSA) is 34.1 Å². The largest absolute Gasteiger partial charge is 0.223 e. The molecule has 2 aliphatic heterocycles. The Kier molecular flexibility index (Phi) is 4.22. The summed E-state index contributed by atoms with van der Waals surface area (Å²) in [7, 11) is -3.01. The van der Waals surface area contributed by atoms with Crippen molar-refractivity contribution in [3.8, 4) is 0 Å². The van der Waals surface area contributed by atoms with Gasteiger partial charge in [0.05, 0.1) is 5.75 Å². The van der Waals surface area contributed by atoms with Crippen molar-refractivity contribution < 1.29 is 8.42 Å². The van der Waals surface area contributed by atoms with Crippen LogP contribution in [0.4, 0.5) is 0 Å². The molecule has 3 rings (SSSR count). The van der Waals surface area contributed by atoms with E-state index in [0.29, 0.717) is 10.7 Å². The van der Waals surface area contributed by atoms with Gasteiger partial charge in [-0.05, 0) is 35.1 Å². The third-order valence-electron chi connectivity index (χ3n) is 3.30. The van der Waals surface area contributed by atoms with Gasteiger partial charge in [0.15, 0.2) is 9.84 Å². The zero-order chi connectivity index (χ0) is 14.2. The number of sulfone groups is 1. The van der Waals surface area contributed by atoms with Gasteiger partial charge in [0.25, 0.3) is 0 Å². The van der Waals surface area contributed by atoms with Crippen molar-refractivity contribution in [1.29, 1.82) is 0 Å². The molecule has 0 N–H and O–H groups in total. The minimum absolute atomic E-state index is 0.180. The number of halogens is 1. The molecule has 1 unspecified atom stereocenters. The molecule has 0 amide bonds. The molecule has 0 spiro atoms. The van der Waals surface area contributed by atoms with Crippen LogP contribution in [0.3, 0.4) is 0 Å². The van der Waals surface area contributed by atoms with E-state index in [-0.39, 0.29) is 11.0 Å². The second kappa shape index (κ2) is 5.79. The van der Waals surface area contributed by atoms with Crippen LogP contribution in [0.15, 0.2) is 45.6 Å². The molecule has 0 aromatic heterocycles. The Hall–Kier alpha value is -0.360. The lowest BCUT2D eigenvalue weighted by Crippen LogP contribution is -2.07. The van der Waals surface area contributed by atoms with Crippen LogP contribution in [-0.4, -0.2) is 19.4 Å². The molecular weight excluding hydrogens is 332 g/mol. The van der Waals surface area contributed by atoms with Gasteiger partial charge in [-0.3, -0.25) is 0 Å². The summed E-state index contributed by atoms with van der Waals surface area (Å²) in [5.74, 6) is 1.12. The predicted octanol–water partition coefficient (Wildman–Crippen LogP) is 4.23. The SMILES string of the molecule is O=S1(=O)CCC2=C1SC=CC2SCc1ccc(Cl)cc1. The molecule has 0 bridgehead atoms. The van der Waals surface area contributed by atoms with Gasteiger partial charge >= 0.3 is 0 Å². The Morgan fingerprint density at radius 3 is 2.80 bits per heavy atom. The molecular formula is C14H13ClO2S3. The summed E-state index contributed by atoms with van der Waals surface area (Å²) in [6.45, 7) is 0. The molecule has 0 radical (unpaired) electrons. The van der Waals surface area contributed by atoms with Crippen molar-refractivity contribution in [2.45, 2.75) is 17.4 Å². The zero-order valence-corrected chi connectivity index (χ0v) is 13.8. The Bertz CT molecular complexity index is 675. The summed E-state index contributed by atoms with van der Waals surface area (Å²) in [5, 5.41) is 2.82. The highest BCUT2D eigenvalue weighted by atomic mass is 35.5. The van der Waals surface area contributed by atoms with Gasteiger partial charge in [-0.1, -0.05) is 41.6 Å². The van der Waals surface area contributed by atoms with Gasteiger partial charge in [-0.15, -0.1) is 11.8 Å². The van der Waals surface area contributed by atoms with E-state index in [9.17, 15) is 8.42 Å². The van der Waals surface area contributed by atoms with Crippen LogP contribution in [0.5, 0.6) is 0 Å². The molecule has 20 heavy (non-hydrogen) atoms. The van der Waals surface area contributed by atoms with Crippen molar-refractivity contribution in [3.63, 3.8) is 0 Å². The van der Waals surface area contributed by atoms with Gasteiger partial charge in [0, 0.05) is 16.0 Å². The second-order valence-corrected chi connectivity index (χ2v) is 9.47. The third kappa shape index (κ3) is 2.96. The monoisotopic (exact) mass is 344 g/mol. The Morgan fingerprint density at radius 1 is 1.30 bits per heavy atom. The highest BCUT2D eigenvalue weighted by molar-refractivity contribution is 8.20. The molecule has 2 nitrogen and oxygen atoms in total. The van der Waals surface area contributed by atoms with Crippen LogP contribution >= 0.6 is 35.1 Å². The van der Waals surface area contributed by atoms with Crippen molar-refractivity contribution in [2.24, 2.45) is 0 Å². The maximum absolute atomic E-state index is 11.9. The van der Waals surface area contributed by atoms with E-state index < -0.39 is 9.84 Å². The van der Waals surface area contributed by atoms with Gasteiger partial charge in [0.1, 0.15) is 4.24 Å². The average molecular weight is 345 g/mol. The normalized spacial score (nSPS) is 23.9. The van der Waals surface area contributed by atoms with Gasteiger partial charge < -0.3 is 0 Å². The number of rotatable bonds is 3. The summed E-state index contributed by atoms with van der Waals surface area (Å²) < 4.78 is 24.4. The van der Waals surface area contributed by atoms with Crippen LogP contribution in [0.2, 0.25) is 5.02 Å². The average Bonchev–Trinajstić information content (AvgIpc) is 2.75. The van der Waals surface area contributed by atoms with Crippen LogP contribution in [0.1, 0.15) is 12.0 Å². The standard InChI is InChI=1S/C14H13ClO2S3/c15-11-3-1-10(2-4-11)9-19-13-5-7-18-14-12(13)6-8-20(14,16)17/h1-5,7,13H,6,8-9H2. The van der Waals surface area contributed by atoms with Gasteiger partial charge in [-0.25, -0.2) is 8.42 Å². The Morgan fingerprint density at radius 2 is 2.05 bits per heavy atom. The molecule has 1 atom stereocenters. The van der Waals surface area contributed by atoms with E-state index in [4.69, 9.17) is 11.6 Å². The molecule has 2 heterocycles. The first-order valence-corrected chi connectivity index (χ1v) is 10.2. The first-order chi connectivity index (χ1) is 9.56. The van der Waals surface area contributed by atoms with Crippen LogP contribution in [0, 0.1) is 0 Å². The maximum atomic E-state index is 11.9. The molecule has 2 aliphatic rings. The molecule has 0 fully saturated rings. The first kappa shape index (κ1) is 14.6. The van der Waals surface area contributed by atoms with E-state index in [1.54, 1.807) is 11.8 Å². The van der Waals surface area contributed by atoms with E-state index in [1.807, 2.05) is 29.7 Å². The van der Waals surface area contributed by atoms with E-state index >= 15 is 0 Å². The van der Waals surface area contributed by atoms with E-state index in [0.717, 1.165) is 16.3 Å². The summed E-state index contributed by atoms with van der Waals surface area (Å²) in [5.41, 5.74) is 2.28. The van der Waals surface area contributed by atoms with Crippen molar-refractivity contribution >= 4 is 45.0 Å². The molecule has 1 aromatic carbocycles. The summed E-state index contributed by atoms with van der Waals surface area (Å²) in [6.07, 6.45) is 2.78. The Balaban J connectivity index is 1.73. The van der Waals surface area contributed by atoms with Crippen molar-refractivity contribution in [2.75, 3.05) is 5.75 Å². The van der Waals surface area contributed by atoms with Crippen molar-refractivity contribution in [1.82, 2.24) is 0 Å². The first-order valence-electron chi connectivity index (χ1n) is 6.21. The number of hydrogen-bond donors (Lipinski definition) is 0. The summed E-state index contributed by atoms with van der Waals surface area (Å²) >= 11 is 8.99. The number of thioether (sulfide) groups is 2. The molecule has 0 saturated heterocycles. The fourth-order valence-corrected chi connectivity index (χ4v) is 6.87. The second-order valence-electron chi connectivity index (χ2n) is 4.69. The lowest BCUT2D eigenvalue weighted by molar-refractivity contribution is 0.606. The zero-order valence-electron chi connectivity index (χ0n) is 10.6. The highest BCUT2D eigenvalue weighted by Crippen LogP contribution is 2.44. The molecule has 1 aromatic rings. The van der Waals surface area contributed by atoms with Gasteiger partial charge in [-0.2, -0.15) is 0 Å². The summed E-state index contributed by atoms with van der Waals surface area (Å²) in [4.78, 5) is 0. The number of benzene rings is 1. The molecule has 0 aliphatic carbocycles. The van der Waals surface area contributed by atoms with Crippen LogP contribution in [-0.2, 0) is 15.6 Å². The number of hydrogen-bond acceptors (Lipinski definition) is 4. The molecule has 106 valence electrons. The van der Waals surface area contributed by atoms with Gasteiger partial charge in [0.2, 0.25) is 0 Å². The predicted molar refractivity (Wildman–Crippen MR) is 88.7 cm³/mol. The quantitative estimate of drug-likeness (QED) is 0.821. The Labute approximate surface area is 132 Å².